The summed E-state index contributed by atoms with van der Waals surface area (Å²) in [4.78, 5) is 22.3. The minimum Gasteiger partial charge on any atom is -0.349 e. The van der Waals surface area contributed by atoms with Crippen LogP contribution in [0.1, 0.15) is 11.3 Å². The number of carbonyl (C=O) groups excluding carboxylic acids is 1. The van der Waals surface area contributed by atoms with Crippen molar-refractivity contribution < 1.29 is 30.8 Å². The molecule has 12 heteroatoms. The van der Waals surface area contributed by atoms with Crippen molar-refractivity contribution in [3.63, 3.8) is 0 Å². The van der Waals surface area contributed by atoms with Gasteiger partial charge in [0.05, 0.1) is 34.9 Å². The van der Waals surface area contributed by atoms with E-state index in [1.165, 1.54) is 29.4 Å². The van der Waals surface area contributed by atoms with Gasteiger partial charge >= 0.3 is 6.18 Å². The van der Waals surface area contributed by atoms with Gasteiger partial charge in [0.25, 0.3) is 0 Å². The van der Waals surface area contributed by atoms with Gasteiger partial charge in [-0.3, -0.25) is 4.79 Å². The lowest BCUT2D eigenvalue weighted by Crippen LogP contribution is -2.39. The van der Waals surface area contributed by atoms with Crippen LogP contribution in [-0.4, -0.2) is 36.7 Å². The van der Waals surface area contributed by atoms with Gasteiger partial charge in [-0.15, -0.1) is 0 Å². The van der Waals surface area contributed by atoms with Crippen molar-refractivity contribution >= 4 is 21.4 Å². The van der Waals surface area contributed by atoms with Crippen LogP contribution in [0.5, 0.6) is 0 Å². The summed E-state index contributed by atoms with van der Waals surface area (Å²) in [5, 5.41) is 2.68. The molecule has 0 saturated heterocycles. The molecule has 0 spiro atoms. The molecule has 1 N–H and O–H groups in total. The van der Waals surface area contributed by atoms with Crippen LogP contribution in [0.4, 0.5) is 23.2 Å². The van der Waals surface area contributed by atoms with E-state index >= 15 is 0 Å². The van der Waals surface area contributed by atoms with E-state index in [-0.39, 0.29) is 18.0 Å². The minimum absolute atomic E-state index is 0.0255. The number of carbonyl (C=O) groups is 1. The molecule has 0 aliphatic carbocycles. The van der Waals surface area contributed by atoms with E-state index < -0.39 is 39.2 Å². The number of halogens is 4. The first-order valence-corrected chi connectivity index (χ1v) is 13.2. The van der Waals surface area contributed by atoms with Gasteiger partial charge in [0.1, 0.15) is 18.0 Å². The van der Waals surface area contributed by atoms with Crippen molar-refractivity contribution in [3.8, 4) is 11.3 Å². The molecule has 0 saturated carbocycles. The van der Waals surface area contributed by atoms with Gasteiger partial charge in [0.15, 0.2) is 9.84 Å². The topological polar surface area (TPSA) is 92.3 Å². The summed E-state index contributed by atoms with van der Waals surface area (Å²) in [5.74, 6) is -1.59. The first-order valence-electron chi connectivity index (χ1n) is 11.5. The fraction of sp³-hybridized carbons (Fsp3) is 0.148. The van der Waals surface area contributed by atoms with Crippen LogP contribution < -0.4 is 10.2 Å². The molecule has 4 aromatic rings. The summed E-state index contributed by atoms with van der Waals surface area (Å²) < 4.78 is 77.7. The molecule has 39 heavy (non-hydrogen) atoms. The average Bonchev–Trinajstić information content (AvgIpc) is 2.92. The Morgan fingerprint density at radius 2 is 1.56 bits per heavy atom. The Morgan fingerprint density at radius 1 is 0.897 bits per heavy atom. The van der Waals surface area contributed by atoms with Gasteiger partial charge in [-0.1, -0.05) is 30.3 Å². The third-order valence-electron chi connectivity index (χ3n) is 5.65. The van der Waals surface area contributed by atoms with Crippen LogP contribution in [0.3, 0.4) is 0 Å². The molecule has 0 fully saturated rings. The molecule has 1 amide bonds. The number of hydrogen-bond acceptors (Lipinski definition) is 6. The molecule has 0 aliphatic heterocycles. The standard InChI is InChI=1S/C27H22F4N4O3S/c28-21-10-12-24(13-11-21)39(37,38)18-35(23-4-2-1-3-5-23)16-26(36)32-15-22-14-25(34-17-33-22)19-6-8-20(9-7-19)27(29,30)31/h1-14,17H,15-16,18H2,(H,32,36). The second-order valence-corrected chi connectivity index (χ2v) is 10.4. The largest absolute Gasteiger partial charge is 0.416 e. The predicted octanol–water partition coefficient (Wildman–Crippen LogP) is 4.86. The van der Waals surface area contributed by atoms with Gasteiger partial charge in [-0.25, -0.2) is 22.8 Å². The third-order valence-corrected chi connectivity index (χ3v) is 7.29. The van der Waals surface area contributed by atoms with Crippen molar-refractivity contribution in [2.45, 2.75) is 17.6 Å². The third kappa shape index (κ3) is 7.38. The van der Waals surface area contributed by atoms with Crippen LogP contribution in [0.15, 0.2) is 96.2 Å². The number of aromatic nitrogens is 2. The number of nitrogens with one attached hydrogen (secondary N) is 1. The number of benzene rings is 3. The highest BCUT2D eigenvalue weighted by molar-refractivity contribution is 7.91. The molecule has 7 nitrogen and oxygen atoms in total. The molecule has 0 unspecified atom stereocenters. The van der Waals surface area contributed by atoms with Crippen molar-refractivity contribution in [1.29, 1.82) is 0 Å². The summed E-state index contributed by atoms with van der Waals surface area (Å²) in [6, 6.07) is 18.9. The monoisotopic (exact) mass is 558 g/mol. The lowest BCUT2D eigenvalue weighted by molar-refractivity contribution is -0.137. The molecular formula is C27H22F4N4O3S. The fourth-order valence-electron chi connectivity index (χ4n) is 3.67. The summed E-state index contributed by atoms with van der Waals surface area (Å²) >= 11 is 0. The van der Waals surface area contributed by atoms with Crippen molar-refractivity contribution in [1.82, 2.24) is 15.3 Å². The van der Waals surface area contributed by atoms with E-state index in [4.69, 9.17) is 0 Å². The molecular weight excluding hydrogens is 536 g/mol. The normalized spacial score (nSPS) is 11.7. The number of para-hydroxylation sites is 1. The fourth-order valence-corrected chi connectivity index (χ4v) is 5.02. The van der Waals surface area contributed by atoms with Gasteiger partial charge in [0, 0.05) is 11.3 Å². The molecule has 0 bridgehead atoms. The number of nitrogens with zero attached hydrogens (tertiary/aromatic N) is 3. The number of sulfone groups is 1. The zero-order valence-electron chi connectivity index (χ0n) is 20.3. The molecule has 0 atom stereocenters. The smallest absolute Gasteiger partial charge is 0.349 e. The predicted molar refractivity (Wildman–Crippen MR) is 137 cm³/mol. The SMILES string of the molecule is O=C(CN(CS(=O)(=O)c1ccc(F)cc1)c1ccccc1)NCc1cc(-c2ccc(C(F)(F)F)cc2)ncn1. The van der Waals surface area contributed by atoms with E-state index in [0.717, 1.165) is 36.4 Å². The average molecular weight is 559 g/mol. The van der Waals surface area contributed by atoms with Crippen molar-refractivity contribution in [3.05, 3.63) is 108 Å². The van der Waals surface area contributed by atoms with E-state index in [1.807, 2.05) is 0 Å². The van der Waals surface area contributed by atoms with Crippen molar-refractivity contribution in [2.75, 3.05) is 17.3 Å². The molecule has 0 aliphatic rings. The zero-order valence-corrected chi connectivity index (χ0v) is 21.1. The maximum Gasteiger partial charge on any atom is 0.416 e. The number of hydrogen-bond donors (Lipinski definition) is 1. The van der Waals surface area contributed by atoms with E-state index in [9.17, 15) is 30.8 Å². The second-order valence-electron chi connectivity index (χ2n) is 8.48. The molecule has 4 rings (SSSR count). The van der Waals surface area contributed by atoms with Crippen LogP contribution in [-0.2, 0) is 27.4 Å². The van der Waals surface area contributed by atoms with Gasteiger partial charge in [0.2, 0.25) is 5.91 Å². The number of amides is 1. The Hall–Kier alpha value is -4.32. The highest BCUT2D eigenvalue weighted by atomic mass is 32.2. The summed E-state index contributed by atoms with van der Waals surface area (Å²) in [6.45, 7) is -0.330. The maximum atomic E-state index is 13.3. The summed E-state index contributed by atoms with van der Waals surface area (Å²) in [5.41, 5.74) is 0.930. The van der Waals surface area contributed by atoms with Crippen LogP contribution >= 0.6 is 0 Å². The minimum atomic E-state index is -4.45. The Labute approximate surface area is 222 Å². The highest BCUT2D eigenvalue weighted by Gasteiger charge is 2.30. The molecule has 1 heterocycles. The first kappa shape index (κ1) is 27.7. The molecule has 202 valence electrons. The quantitative estimate of drug-likeness (QED) is 0.233. The van der Waals surface area contributed by atoms with Gasteiger partial charge < -0.3 is 10.2 Å². The van der Waals surface area contributed by atoms with E-state index in [1.54, 1.807) is 30.3 Å². The van der Waals surface area contributed by atoms with Crippen LogP contribution in [0.25, 0.3) is 11.3 Å². The van der Waals surface area contributed by atoms with E-state index in [0.29, 0.717) is 22.6 Å². The number of anilines is 1. The maximum absolute atomic E-state index is 13.3. The molecule has 1 aromatic heterocycles. The second kappa shape index (κ2) is 11.6. The zero-order chi connectivity index (χ0) is 28.0. The lowest BCUT2D eigenvalue weighted by Gasteiger charge is -2.24. The number of alkyl halides is 3. The lowest BCUT2D eigenvalue weighted by atomic mass is 10.1. The van der Waals surface area contributed by atoms with Gasteiger partial charge in [-0.05, 0) is 54.6 Å². The van der Waals surface area contributed by atoms with Crippen molar-refractivity contribution in [2.24, 2.45) is 0 Å². The summed E-state index contributed by atoms with van der Waals surface area (Å²) in [6.07, 6.45) is -3.22. The van der Waals surface area contributed by atoms with Gasteiger partial charge in [-0.2, -0.15) is 13.2 Å². The number of rotatable bonds is 9. The Kier molecular flexibility index (Phi) is 8.24. The Morgan fingerprint density at radius 3 is 2.21 bits per heavy atom. The first-order chi connectivity index (χ1) is 18.5. The summed E-state index contributed by atoms with van der Waals surface area (Å²) in [7, 11) is -3.90. The Bertz CT molecular complexity index is 1530. The Balaban J connectivity index is 1.44. The highest BCUT2D eigenvalue weighted by Crippen LogP contribution is 2.30. The van der Waals surface area contributed by atoms with Crippen LogP contribution in [0.2, 0.25) is 0 Å². The molecule has 0 radical (unpaired) electrons. The molecule has 3 aromatic carbocycles. The van der Waals surface area contributed by atoms with E-state index in [2.05, 4.69) is 15.3 Å². The van der Waals surface area contributed by atoms with Crippen LogP contribution in [0, 0.1) is 5.82 Å².